The van der Waals surface area contributed by atoms with Gasteiger partial charge >= 0.3 is 0 Å². The predicted octanol–water partition coefficient (Wildman–Crippen LogP) is 3.80. The highest BCUT2D eigenvalue weighted by atomic mass is 127. The average Bonchev–Trinajstić information content (AvgIpc) is 1.99. The minimum atomic E-state index is 0.815. The van der Waals surface area contributed by atoms with Crippen LogP contribution < -0.4 is 0 Å². The monoisotopic (exact) mass is 252 g/mol. The van der Waals surface area contributed by atoms with Crippen LogP contribution in [-0.2, 0) is 0 Å². The molecular weight excluding hydrogens is 235 g/mol. The molecule has 0 aliphatic rings. The van der Waals surface area contributed by atoms with Crippen LogP contribution in [0.1, 0.15) is 33.6 Å². The normalized spacial score (nSPS) is 12.7. The standard InChI is InChI=1S/C9H17I/c1-4-9(5-2)6-8(3)7-10/h6,9H,4-5,7H2,1-3H3/b8-6-. The van der Waals surface area contributed by atoms with E-state index in [1.165, 1.54) is 22.8 Å². The molecule has 0 aromatic rings. The van der Waals surface area contributed by atoms with Gasteiger partial charge in [0.2, 0.25) is 0 Å². The predicted molar refractivity (Wildman–Crippen MR) is 56.7 cm³/mol. The second kappa shape index (κ2) is 6.20. The summed E-state index contributed by atoms with van der Waals surface area (Å²) in [5.74, 6) is 0.815. The van der Waals surface area contributed by atoms with E-state index in [9.17, 15) is 0 Å². The van der Waals surface area contributed by atoms with Gasteiger partial charge in [-0.1, -0.05) is 48.1 Å². The minimum absolute atomic E-state index is 0.815. The lowest BCUT2D eigenvalue weighted by Crippen LogP contribution is -1.92. The van der Waals surface area contributed by atoms with Crippen molar-refractivity contribution in [3.63, 3.8) is 0 Å². The summed E-state index contributed by atoms with van der Waals surface area (Å²) < 4.78 is 1.17. The van der Waals surface area contributed by atoms with Crippen LogP contribution in [0.5, 0.6) is 0 Å². The first kappa shape index (κ1) is 10.5. The summed E-state index contributed by atoms with van der Waals surface area (Å²) in [5, 5.41) is 0. The number of rotatable bonds is 4. The Bertz CT molecular complexity index is 101. The second-order valence-electron chi connectivity index (χ2n) is 2.72. The molecule has 0 radical (unpaired) electrons. The van der Waals surface area contributed by atoms with Crippen LogP contribution in [-0.4, -0.2) is 4.43 Å². The summed E-state index contributed by atoms with van der Waals surface area (Å²) in [4.78, 5) is 0. The van der Waals surface area contributed by atoms with Gasteiger partial charge in [0.05, 0.1) is 0 Å². The number of hydrogen-bond donors (Lipinski definition) is 0. The van der Waals surface area contributed by atoms with E-state index >= 15 is 0 Å². The van der Waals surface area contributed by atoms with Gasteiger partial charge in [0, 0.05) is 4.43 Å². The summed E-state index contributed by atoms with van der Waals surface area (Å²) in [6, 6.07) is 0. The third-order valence-corrected chi connectivity index (χ3v) is 2.98. The van der Waals surface area contributed by atoms with Crippen molar-refractivity contribution >= 4 is 22.6 Å². The Kier molecular flexibility index (Phi) is 6.49. The fraction of sp³-hybridized carbons (Fsp3) is 0.778. The first-order valence-electron chi connectivity index (χ1n) is 3.97. The molecule has 0 amide bonds. The maximum atomic E-state index is 2.41. The summed E-state index contributed by atoms with van der Waals surface area (Å²) >= 11 is 2.41. The maximum absolute atomic E-state index is 2.41. The molecule has 0 unspecified atom stereocenters. The number of allylic oxidation sites excluding steroid dienone is 2. The maximum Gasteiger partial charge on any atom is 0.0203 e. The molecule has 0 N–H and O–H groups in total. The van der Waals surface area contributed by atoms with Gasteiger partial charge in [-0.3, -0.25) is 0 Å². The molecular formula is C9H17I. The van der Waals surface area contributed by atoms with E-state index in [2.05, 4.69) is 49.4 Å². The van der Waals surface area contributed by atoms with E-state index in [1.54, 1.807) is 0 Å². The van der Waals surface area contributed by atoms with Crippen LogP contribution in [0, 0.1) is 5.92 Å². The van der Waals surface area contributed by atoms with Crippen molar-refractivity contribution in [2.24, 2.45) is 5.92 Å². The highest BCUT2D eigenvalue weighted by molar-refractivity contribution is 14.1. The second-order valence-corrected chi connectivity index (χ2v) is 3.49. The van der Waals surface area contributed by atoms with E-state index < -0.39 is 0 Å². The third-order valence-electron chi connectivity index (χ3n) is 1.78. The molecule has 0 fully saturated rings. The van der Waals surface area contributed by atoms with Crippen LogP contribution in [0.3, 0.4) is 0 Å². The molecule has 1 heteroatoms. The van der Waals surface area contributed by atoms with Gasteiger partial charge in [0.1, 0.15) is 0 Å². The lowest BCUT2D eigenvalue weighted by molar-refractivity contribution is 0.602. The van der Waals surface area contributed by atoms with Crippen molar-refractivity contribution in [2.75, 3.05) is 4.43 Å². The molecule has 0 bridgehead atoms. The molecule has 0 heterocycles. The van der Waals surface area contributed by atoms with Gasteiger partial charge in [0.15, 0.2) is 0 Å². The fourth-order valence-electron chi connectivity index (χ4n) is 0.971. The van der Waals surface area contributed by atoms with E-state index in [4.69, 9.17) is 0 Å². The van der Waals surface area contributed by atoms with Gasteiger partial charge in [-0.25, -0.2) is 0 Å². The van der Waals surface area contributed by atoms with Gasteiger partial charge in [0.25, 0.3) is 0 Å². The molecule has 0 nitrogen and oxygen atoms in total. The van der Waals surface area contributed by atoms with Crippen LogP contribution in [0.4, 0.5) is 0 Å². The molecule has 60 valence electrons. The van der Waals surface area contributed by atoms with Crippen molar-refractivity contribution in [1.29, 1.82) is 0 Å². The Labute approximate surface area is 78.2 Å². The zero-order valence-electron chi connectivity index (χ0n) is 7.15. The van der Waals surface area contributed by atoms with Gasteiger partial charge in [-0.15, -0.1) is 0 Å². The van der Waals surface area contributed by atoms with E-state index in [-0.39, 0.29) is 0 Å². The molecule has 0 rings (SSSR count). The summed E-state index contributed by atoms with van der Waals surface area (Å²) in [6.07, 6.45) is 4.97. The van der Waals surface area contributed by atoms with Crippen LogP contribution in [0.15, 0.2) is 11.6 Å². The van der Waals surface area contributed by atoms with Crippen molar-refractivity contribution in [2.45, 2.75) is 33.6 Å². The molecule has 10 heavy (non-hydrogen) atoms. The molecule has 0 saturated heterocycles. The van der Waals surface area contributed by atoms with Crippen molar-refractivity contribution < 1.29 is 0 Å². The van der Waals surface area contributed by atoms with Crippen LogP contribution in [0.25, 0.3) is 0 Å². The van der Waals surface area contributed by atoms with Crippen molar-refractivity contribution in [3.8, 4) is 0 Å². The summed E-state index contributed by atoms with van der Waals surface area (Å²) in [5.41, 5.74) is 1.52. The highest BCUT2D eigenvalue weighted by Gasteiger charge is 1.97. The number of alkyl halides is 1. The van der Waals surface area contributed by atoms with Crippen LogP contribution in [0.2, 0.25) is 0 Å². The number of halogens is 1. The highest BCUT2D eigenvalue weighted by Crippen LogP contribution is 2.12. The first-order chi connectivity index (χ1) is 4.74. The minimum Gasteiger partial charge on any atom is -0.0817 e. The first-order valence-corrected chi connectivity index (χ1v) is 5.50. The molecule has 0 aromatic carbocycles. The Hall–Kier alpha value is 0.470. The summed E-state index contributed by atoms with van der Waals surface area (Å²) in [6.45, 7) is 6.72. The third kappa shape index (κ3) is 4.31. The Morgan fingerprint density at radius 3 is 2.20 bits per heavy atom. The molecule has 0 aromatic heterocycles. The lowest BCUT2D eigenvalue weighted by atomic mass is 10.0. The van der Waals surface area contributed by atoms with Crippen LogP contribution >= 0.6 is 22.6 Å². The lowest BCUT2D eigenvalue weighted by Gasteiger charge is -2.06. The Morgan fingerprint density at radius 2 is 1.90 bits per heavy atom. The van der Waals surface area contributed by atoms with Gasteiger partial charge in [-0.2, -0.15) is 0 Å². The van der Waals surface area contributed by atoms with E-state index in [1.807, 2.05) is 0 Å². The largest absolute Gasteiger partial charge is 0.0817 e. The SMILES string of the molecule is CCC(/C=C(/C)CI)CC. The van der Waals surface area contributed by atoms with Gasteiger partial charge in [-0.05, 0) is 25.7 Å². The zero-order chi connectivity index (χ0) is 7.98. The van der Waals surface area contributed by atoms with Crippen molar-refractivity contribution in [3.05, 3.63) is 11.6 Å². The van der Waals surface area contributed by atoms with Crippen molar-refractivity contribution in [1.82, 2.24) is 0 Å². The average molecular weight is 252 g/mol. The quantitative estimate of drug-likeness (QED) is 0.405. The fourth-order valence-corrected chi connectivity index (χ4v) is 1.23. The Balaban J connectivity index is 3.80. The molecule has 0 saturated carbocycles. The van der Waals surface area contributed by atoms with E-state index in [0.29, 0.717) is 0 Å². The smallest absolute Gasteiger partial charge is 0.0203 e. The topological polar surface area (TPSA) is 0 Å². The Morgan fingerprint density at radius 1 is 1.40 bits per heavy atom. The summed E-state index contributed by atoms with van der Waals surface area (Å²) in [7, 11) is 0. The molecule has 0 aliphatic carbocycles. The van der Waals surface area contributed by atoms with Gasteiger partial charge < -0.3 is 0 Å². The molecule has 0 aliphatic heterocycles. The molecule has 0 atom stereocenters. The zero-order valence-corrected chi connectivity index (χ0v) is 9.31. The van der Waals surface area contributed by atoms with E-state index in [0.717, 1.165) is 5.92 Å². The molecule has 0 spiro atoms. The number of hydrogen-bond acceptors (Lipinski definition) is 0.